The van der Waals surface area contributed by atoms with E-state index in [2.05, 4.69) is 28.7 Å². The zero-order valence-electron chi connectivity index (χ0n) is 12.9. The van der Waals surface area contributed by atoms with Crippen molar-refractivity contribution in [2.45, 2.75) is 0 Å². The zero-order chi connectivity index (χ0) is 16.2. The van der Waals surface area contributed by atoms with Gasteiger partial charge in [-0.2, -0.15) is 5.10 Å². The molecule has 0 saturated heterocycles. The predicted molar refractivity (Wildman–Crippen MR) is 101 cm³/mol. The molecule has 1 N–H and O–H groups in total. The Kier molecular flexibility index (Phi) is 4.04. The van der Waals surface area contributed by atoms with Crippen LogP contribution in [0.15, 0.2) is 90.0 Å². The molecule has 0 radical (unpaired) electrons. The number of para-hydroxylation sites is 2. The van der Waals surface area contributed by atoms with Crippen LogP contribution in [0, 0.1) is 0 Å². The molecule has 0 unspecified atom stereocenters. The third-order valence-electron chi connectivity index (χ3n) is 3.61. The van der Waals surface area contributed by atoms with Gasteiger partial charge in [-0.25, -0.2) is 4.98 Å². The van der Waals surface area contributed by atoms with Crippen LogP contribution >= 0.6 is 11.3 Å². The van der Waals surface area contributed by atoms with Crippen LogP contribution in [0.1, 0.15) is 0 Å². The van der Waals surface area contributed by atoms with Crippen molar-refractivity contribution in [2.24, 2.45) is 5.10 Å². The Hall–Kier alpha value is -2.98. The molecule has 1 aromatic heterocycles. The van der Waals surface area contributed by atoms with Gasteiger partial charge in [-0.1, -0.05) is 60.7 Å². The van der Waals surface area contributed by atoms with E-state index in [0.29, 0.717) is 0 Å². The standard InChI is InChI=1S/C20H15N3S/c1-3-9-15(10-4-1)19-20(23-22-16-11-5-2-6-12-16)24-18-14-8-7-13-17(18)21-19/h1-14,22H. The molecule has 0 aliphatic carbocycles. The molecule has 0 saturated carbocycles. The van der Waals surface area contributed by atoms with E-state index in [-0.39, 0.29) is 0 Å². The van der Waals surface area contributed by atoms with E-state index in [4.69, 9.17) is 4.98 Å². The summed E-state index contributed by atoms with van der Waals surface area (Å²) in [6.45, 7) is 0. The Labute approximate surface area is 144 Å². The fraction of sp³-hybridized carbons (Fsp3) is 0. The fourth-order valence-corrected chi connectivity index (χ4v) is 3.37. The SMILES string of the molecule is c1ccc(NN=c2sc3ccccc3nc2-c2ccccc2)cc1. The van der Waals surface area contributed by atoms with E-state index in [9.17, 15) is 0 Å². The first-order valence-corrected chi connectivity index (χ1v) is 8.52. The molecule has 1 heterocycles. The van der Waals surface area contributed by atoms with Crippen molar-refractivity contribution in [1.82, 2.24) is 4.98 Å². The maximum absolute atomic E-state index is 4.83. The van der Waals surface area contributed by atoms with Gasteiger partial charge >= 0.3 is 0 Å². The van der Waals surface area contributed by atoms with Crippen LogP contribution in [-0.2, 0) is 0 Å². The van der Waals surface area contributed by atoms with E-state index in [1.807, 2.05) is 66.7 Å². The summed E-state index contributed by atoms with van der Waals surface area (Å²) in [5, 5.41) is 4.61. The molecule has 116 valence electrons. The van der Waals surface area contributed by atoms with Gasteiger partial charge in [0.1, 0.15) is 5.69 Å². The first-order chi connectivity index (χ1) is 11.9. The van der Waals surface area contributed by atoms with Crippen molar-refractivity contribution in [3.8, 4) is 11.3 Å². The van der Waals surface area contributed by atoms with Gasteiger partial charge in [-0.05, 0) is 24.3 Å². The average molecular weight is 329 g/mol. The number of fused-ring (bicyclic) bond motifs is 1. The van der Waals surface area contributed by atoms with E-state index in [1.165, 1.54) is 0 Å². The quantitative estimate of drug-likeness (QED) is 0.543. The molecule has 3 aromatic carbocycles. The van der Waals surface area contributed by atoms with Gasteiger partial charge in [0.15, 0.2) is 4.67 Å². The first kappa shape index (κ1) is 14.6. The van der Waals surface area contributed by atoms with Gasteiger partial charge in [0.2, 0.25) is 0 Å². The van der Waals surface area contributed by atoms with Crippen LogP contribution in [0.4, 0.5) is 5.69 Å². The lowest BCUT2D eigenvalue weighted by molar-refractivity contribution is 1.23. The van der Waals surface area contributed by atoms with Crippen LogP contribution in [0.5, 0.6) is 0 Å². The molecule has 24 heavy (non-hydrogen) atoms. The second-order valence-electron chi connectivity index (χ2n) is 5.29. The topological polar surface area (TPSA) is 37.3 Å². The van der Waals surface area contributed by atoms with E-state index in [0.717, 1.165) is 31.8 Å². The normalized spacial score (nSPS) is 11.6. The van der Waals surface area contributed by atoms with Crippen molar-refractivity contribution < 1.29 is 0 Å². The molecule has 0 spiro atoms. The molecule has 4 heteroatoms. The molecule has 0 atom stereocenters. The zero-order valence-corrected chi connectivity index (χ0v) is 13.7. The minimum atomic E-state index is 0.865. The summed E-state index contributed by atoms with van der Waals surface area (Å²) >= 11 is 1.64. The largest absolute Gasteiger partial charge is 0.277 e. The molecule has 0 aliphatic rings. The van der Waals surface area contributed by atoms with Crippen molar-refractivity contribution >= 4 is 27.2 Å². The van der Waals surface area contributed by atoms with Gasteiger partial charge in [0.05, 0.1) is 15.9 Å². The second kappa shape index (κ2) is 6.64. The summed E-state index contributed by atoms with van der Waals surface area (Å²) in [5.74, 6) is 0. The lowest BCUT2D eigenvalue weighted by Crippen LogP contribution is -2.08. The summed E-state index contributed by atoms with van der Waals surface area (Å²) in [6, 6.07) is 28.2. The summed E-state index contributed by atoms with van der Waals surface area (Å²) in [6.07, 6.45) is 0. The lowest BCUT2D eigenvalue weighted by atomic mass is 10.2. The van der Waals surface area contributed by atoms with Crippen LogP contribution in [0.25, 0.3) is 21.5 Å². The third kappa shape index (κ3) is 3.05. The van der Waals surface area contributed by atoms with Crippen molar-refractivity contribution in [1.29, 1.82) is 0 Å². The molecule has 0 aliphatic heterocycles. The van der Waals surface area contributed by atoms with Gasteiger partial charge in [-0.15, -0.1) is 11.3 Å². The summed E-state index contributed by atoms with van der Waals surface area (Å²) in [4.78, 5) is 4.83. The monoisotopic (exact) mass is 329 g/mol. The van der Waals surface area contributed by atoms with E-state index in [1.54, 1.807) is 11.3 Å². The average Bonchev–Trinajstić information content (AvgIpc) is 2.67. The highest BCUT2D eigenvalue weighted by molar-refractivity contribution is 7.16. The van der Waals surface area contributed by atoms with Crippen molar-refractivity contribution in [3.63, 3.8) is 0 Å². The number of rotatable bonds is 3. The molecule has 0 fully saturated rings. The highest BCUT2D eigenvalue weighted by Gasteiger charge is 2.06. The number of nitrogens with one attached hydrogen (secondary N) is 1. The van der Waals surface area contributed by atoms with Gasteiger partial charge < -0.3 is 0 Å². The minimum Gasteiger partial charge on any atom is -0.277 e. The van der Waals surface area contributed by atoms with Crippen LogP contribution in [0.3, 0.4) is 0 Å². The Balaban J connectivity index is 1.88. The van der Waals surface area contributed by atoms with Gasteiger partial charge in [0, 0.05) is 5.56 Å². The molecule has 4 rings (SSSR count). The predicted octanol–water partition coefficient (Wildman–Crippen LogP) is 4.89. The maximum Gasteiger partial charge on any atom is 0.163 e. The molecule has 3 nitrogen and oxygen atoms in total. The number of hydrogen-bond donors (Lipinski definition) is 1. The Morgan fingerprint density at radius 3 is 2.21 bits per heavy atom. The second-order valence-corrected chi connectivity index (χ2v) is 6.32. The molecular weight excluding hydrogens is 314 g/mol. The van der Waals surface area contributed by atoms with E-state index < -0.39 is 0 Å². The van der Waals surface area contributed by atoms with Gasteiger partial charge in [-0.3, -0.25) is 5.43 Å². The first-order valence-electron chi connectivity index (χ1n) is 7.70. The maximum atomic E-state index is 4.83. The number of hydrogen-bond acceptors (Lipinski definition) is 4. The Morgan fingerprint density at radius 1 is 0.750 bits per heavy atom. The highest BCUT2D eigenvalue weighted by atomic mass is 32.1. The number of benzene rings is 3. The molecule has 4 aromatic rings. The summed E-state index contributed by atoms with van der Waals surface area (Å²) in [5.41, 5.74) is 7.03. The summed E-state index contributed by atoms with van der Waals surface area (Å²) < 4.78 is 1.98. The van der Waals surface area contributed by atoms with Crippen LogP contribution < -0.4 is 10.1 Å². The van der Waals surface area contributed by atoms with Gasteiger partial charge in [0.25, 0.3) is 0 Å². The summed E-state index contributed by atoms with van der Waals surface area (Å²) in [7, 11) is 0. The van der Waals surface area contributed by atoms with Crippen LogP contribution in [0.2, 0.25) is 0 Å². The highest BCUT2D eigenvalue weighted by Crippen LogP contribution is 2.20. The number of anilines is 1. The fourth-order valence-electron chi connectivity index (χ4n) is 2.44. The smallest absolute Gasteiger partial charge is 0.163 e. The van der Waals surface area contributed by atoms with E-state index >= 15 is 0 Å². The minimum absolute atomic E-state index is 0.865. The Morgan fingerprint density at radius 2 is 1.42 bits per heavy atom. The number of aromatic nitrogens is 1. The van der Waals surface area contributed by atoms with Crippen molar-refractivity contribution in [2.75, 3.05) is 5.43 Å². The Bertz CT molecular complexity index is 1020. The van der Waals surface area contributed by atoms with Crippen molar-refractivity contribution in [3.05, 3.63) is 89.6 Å². The molecular formula is C20H15N3S. The third-order valence-corrected chi connectivity index (χ3v) is 4.66. The lowest BCUT2D eigenvalue weighted by Gasteiger charge is -2.05. The molecule has 0 bridgehead atoms. The van der Waals surface area contributed by atoms with Crippen LogP contribution in [-0.4, -0.2) is 4.98 Å². The molecule has 0 amide bonds. The number of nitrogens with zero attached hydrogens (tertiary/aromatic N) is 2.